The van der Waals surface area contributed by atoms with Crippen molar-refractivity contribution in [3.05, 3.63) is 59.8 Å². The molecule has 37 heavy (non-hydrogen) atoms. The van der Waals surface area contributed by atoms with E-state index in [0.717, 1.165) is 34.9 Å². The maximum Gasteiger partial charge on any atom is 0.408 e. The molecule has 2 N–H and O–H groups in total. The Morgan fingerprint density at radius 1 is 1.32 bits per heavy atom. The third kappa shape index (κ3) is 5.13. The monoisotopic (exact) mass is 508 g/mol. The minimum absolute atomic E-state index is 0.0759. The molecule has 0 spiro atoms. The number of carbonyl (C=O) groups is 3. The molecule has 9 nitrogen and oxygen atoms in total. The number of hydrogen-bond donors (Lipinski definition) is 2. The van der Waals surface area contributed by atoms with Gasteiger partial charge in [-0.15, -0.1) is 0 Å². The van der Waals surface area contributed by atoms with Crippen LogP contribution in [0, 0.1) is 5.92 Å². The van der Waals surface area contributed by atoms with Crippen LogP contribution in [0.3, 0.4) is 0 Å². The third-order valence-electron chi connectivity index (χ3n) is 7.70. The summed E-state index contributed by atoms with van der Waals surface area (Å²) in [5.41, 5.74) is 2.91. The number of aromatic amines is 1. The van der Waals surface area contributed by atoms with E-state index in [0.29, 0.717) is 18.4 Å². The number of aromatic nitrogens is 1. The van der Waals surface area contributed by atoms with Gasteiger partial charge in [0.25, 0.3) is 0 Å². The number of carbonyl (C=O) groups excluding carboxylic acids is 3. The number of nitrogens with one attached hydrogen (secondary N) is 2. The Labute approximate surface area is 215 Å². The molecule has 9 heteroatoms. The molecule has 2 aliphatic heterocycles. The molecule has 2 aromatic rings. The van der Waals surface area contributed by atoms with Crippen molar-refractivity contribution < 1.29 is 33.3 Å². The van der Waals surface area contributed by atoms with E-state index in [1.165, 1.54) is 7.11 Å². The summed E-state index contributed by atoms with van der Waals surface area (Å²) in [5, 5.41) is 3.63. The Balaban J connectivity index is 1.21. The van der Waals surface area contributed by atoms with Crippen molar-refractivity contribution >= 4 is 28.9 Å². The number of epoxide rings is 1. The predicted octanol–water partition coefficient (Wildman–Crippen LogP) is 3.73. The van der Waals surface area contributed by atoms with Gasteiger partial charge in [0.2, 0.25) is 0 Å². The minimum Gasteiger partial charge on any atom is -0.467 e. The summed E-state index contributed by atoms with van der Waals surface area (Å²) in [5.74, 6) is -1.05. The Morgan fingerprint density at radius 3 is 2.95 bits per heavy atom. The van der Waals surface area contributed by atoms with Gasteiger partial charge in [0.15, 0.2) is 0 Å². The lowest BCUT2D eigenvalue weighted by Crippen LogP contribution is -2.43. The molecule has 2 fully saturated rings. The van der Waals surface area contributed by atoms with E-state index >= 15 is 0 Å². The van der Waals surface area contributed by atoms with Crippen LogP contribution in [0.15, 0.2) is 54.3 Å². The third-order valence-corrected chi connectivity index (χ3v) is 7.70. The lowest BCUT2D eigenvalue weighted by atomic mass is 9.84. The van der Waals surface area contributed by atoms with Crippen LogP contribution in [0.4, 0.5) is 4.79 Å². The van der Waals surface area contributed by atoms with Gasteiger partial charge in [-0.3, -0.25) is 0 Å². The second kappa shape index (κ2) is 10.0. The summed E-state index contributed by atoms with van der Waals surface area (Å²) in [4.78, 5) is 40.5. The van der Waals surface area contributed by atoms with Gasteiger partial charge in [-0.05, 0) is 49.8 Å². The molecule has 2 saturated heterocycles. The van der Waals surface area contributed by atoms with Crippen molar-refractivity contribution in [2.24, 2.45) is 5.92 Å². The van der Waals surface area contributed by atoms with Crippen LogP contribution in [-0.2, 0) is 35.0 Å². The van der Waals surface area contributed by atoms with E-state index < -0.39 is 18.1 Å². The van der Waals surface area contributed by atoms with Crippen molar-refractivity contribution in [1.29, 1.82) is 0 Å². The highest BCUT2D eigenvalue weighted by Crippen LogP contribution is 2.49. The van der Waals surface area contributed by atoms with Crippen LogP contribution in [0.5, 0.6) is 0 Å². The smallest absolute Gasteiger partial charge is 0.408 e. The molecule has 0 radical (unpaired) electrons. The van der Waals surface area contributed by atoms with Crippen LogP contribution in [0.1, 0.15) is 38.2 Å². The van der Waals surface area contributed by atoms with Crippen molar-refractivity contribution in [3.8, 4) is 0 Å². The first-order valence-corrected chi connectivity index (χ1v) is 12.6. The summed E-state index contributed by atoms with van der Waals surface area (Å²) in [6.45, 7) is 6.04. The van der Waals surface area contributed by atoms with Gasteiger partial charge in [-0.2, -0.15) is 0 Å². The number of rotatable bonds is 6. The number of fused-ring (bicyclic) bond motifs is 4. The zero-order valence-electron chi connectivity index (χ0n) is 21.1. The molecule has 1 amide bonds. The van der Waals surface area contributed by atoms with Crippen molar-refractivity contribution in [2.45, 2.75) is 62.9 Å². The molecule has 0 bridgehead atoms. The summed E-state index contributed by atoms with van der Waals surface area (Å²) < 4.78 is 22.0. The highest BCUT2D eigenvalue weighted by atomic mass is 16.6. The van der Waals surface area contributed by atoms with Gasteiger partial charge in [0.05, 0.1) is 12.7 Å². The number of H-pyrrole nitrogens is 1. The summed E-state index contributed by atoms with van der Waals surface area (Å²) in [7, 11) is 1.29. The van der Waals surface area contributed by atoms with E-state index in [4.69, 9.17) is 18.9 Å². The molecular weight excluding hydrogens is 476 g/mol. The number of para-hydroxylation sites is 1. The number of ether oxygens (including phenoxy) is 4. The van der Waals surface area contributed by atoms with Crippen molar-refractivity contribution in [2.75, 3.05) is 13.7 Å². The molecule has 3 aliphatic rings. The Bertz CT molecular complexity index is 1260. The van der Waals surface area contributed by atoms with E-state index in [1.807, 2.05) is 37.4 Å². The number of allylic oxidation sites excluding steroid dienone is 1. The highest BCUT2D eigenvalue weighted by molar-refractivity contribution is 5.91. The first kappa shape index (κ1) is 25.1. The molecule has 0 unspecified atom stereocenters. The normalized spacial score (nSPS) is 29.2. The number of benzene rings is 1. The maximum absolute atomic E-state index is 12.7. The predicted molar refractivity (Wildman–Crippen MR) is 135 cm³/mol. The van der Waals surface area contributed by atoms with Gasteiger partial charge in [0, 0.05) is 35.0 Å². The fraction of sp³-hybridized carbons (Fsp3) is 0.464. The zero-order valence-corrected chi connectivity index (χ0v) is 21.1. The van der Waals surface area contributed by atoms with Crippen LogP contribution in [0.2, 0.25) is 0 Å². The van der Waals surface area contributed by atoms with Crippen molar-refractivity contribution in [1.82, 2.24) is 10.3 Å². The summed E-state index contributed by atoms with van der Waals surface area (Å²) in [6, 6.07) is 6.85. The van der Waals surface area contributed by atoms with Crippen molar-refractivity contribution in [3.63, 3.8) is 0 Å². The number of methoxy groups -OCH3 is 1. The van der Waals surface area contributed by atoms with E-state index in [2.05, 4.69) is 23.0 Å². The molecule has 1 aliphatic carbocycles. The molecular formula is C28H32N2O7. The summed E-state index contributed by atoms with van der Waals surface area (Å²) in [6.07, 6.45) is 5.83. The minimum atomic E-state index is -0.899. The largest absolute Gasteiger partial charge is 0.467 e. The maximum atomic E-state index is 12.7. The molecule has 3 heterocycles. The summed E-state index contributed by atoms with van der Waals surface area (Å²) >= 11 is 0. The van der Waals surface area contributed by atoms with Gasteiger partial charge >= 0.3 is 18.0 Å². The quantitative estimate of drug-likeness (QED) is 0.201. The highest BCUT2D eigenvalue weighted by Gasteiger charge is 2.61. The molecule has 5 atom stereocenters. The fourth-order valence-electron chi connectivity index (χ4n) is 5.45. The topological polar surface area (TPSA) is 119 Å². The Kier molecular flexibility index (Phi) is 6.81. The molecule has 1 aromatic heterocycles. The van der Waals surface area contributed by atoms with E-state index in [1.54, 1.807) is 0 Å². The zero-order chi connectivity index (χ0) is 26.2. The number of amides is 1. The van der Waals surface area contributed by atoms with Crippen LogP contribution >= 0.6 is 0 Å². The van der Waals surface area contributed by atoms with Gasteiger partial charge in [-0.25, -0.2) is 14.4 Å². The number of esters is 2. The number of hydrogen-bond acceptors (Lipinski definition) is 7. The van der Waals surface area contributed by atoms with Gasteiger partial charge < -0.3 is 29.2 Å². The first-order chi connectivity index (χ1) is 17.8. The standard InChI is InChI=1S/C28H32N2O7/c1-16-19-11-10-17(7-6-12-28(2)24(37-28)23(19)36-25(16)31)15-35-27(33)30-22(26(32)34-3)13-18-14-29-21-9-5-4-8-20(18)21/h4-5,7-9,14,19,22-24,29H,1,6,10-13,15H2,2-3H3,(H,30,33)/b17-7+/t19-,22-,23-,24-,28+/m0/s1. The second-order valence-corrected chi connectivity index (χ2v) is 10.2. The average Bonchev–Trinajstić information content (AvgIpc) is 3.25. The second-order valence-electron chi connectivity index (χ2n) is 10.2. The number of alkyl carbamates (subject to hydrolysis) is 1. The fourth-order valence-corrected chi connectivity index (χ4v) is 5.45. The van der Waals surface area contributed by atoms with Crippen LogP contribution in [-0.4, -0.2) is 60.6 Å². The lowest BCUT2D eigenvalue weighted by molar-refractivity contribution is -0.143. The average molecular weight is 509 g/mol. The van der Waals surface area contributed by atoms with Crippen LogP contribution < -0.4 is 5.32 Å². The van der Waals surface area contributed by atoms with Gasteiger partial charge in [0.1, 0.15) is 24.9 Å². The molecule has 0 saturated carbocycles. The first-order valence-electron chi connectivity index (χ1n) is 12.6. The molecule has 5 rings (SSSR count). The van der Waals surface area contributed by atoms with Gasteiger partial charge in [-0.1, -0.05) is 30.9 Å². The Morgan fingerprint density at radius 2 is 2.14 bits per heavy atom. The van der Waals surface area contributed by atoms with Crippen LogP contribution in [0.25, 0.3) is 10.9 Å². The van der Waals surface area contributed by atoms with E-state index in [9.17, 15) is 14.4 Å². The SMILES string of the molecule is C=C1C(=O)O[C@H]2[C@H]1CC/C(COC(=O)N[C@@H](Cc1c[nH]c3ccccc13)C(=O)OC)=C\CC[C@@]1(C)O[C@@H]21. The molecule has 1 aromatic carbocycles. The lowest BCUT2D eigenvalue weighted by Gasteiger charge is -2.20. The Hall–Kier alpha value is -3.59. The van der Waals surface area contributed by atoms with E-state index in [-0.39, 0.29) is 42.7 Å². The molecule has 196 valence electrons.